The molecule has 1 N–H and O–H groups in total. The van der Waals surface area contributed by atoms with E-state index < -0.39 is 10.0 Å². The van der Waals surface area contributed by atoms with Crippen molar-refractivity contribution in [2.75, 3.05) is 0 Å². The van der Waals surface area contributed by atoms with Gasteiger partial charge in [-0.2, -0.15) is 0 Å². The van der Waals surface area contributed by atoms with E-state index in [1.54, 1.807) is 44.2 Å². The molecule has 36 heavy (non-hydrogen) atoms. The van der Waals surface area contributed by atoms with Crippen LogP contribution in [0.3, 0.4) is 0 Å². The molecule has 0 atom stereocenters. The average Bonchev–Trinajstić information content (AvgIpc) is 2.75. The first kappa shape index (κ1) is 37.9. The number of benzene rings is 3. The first-order chi connectivity index (χ1) is 15.6. The minimum Gasteiger partial charge on any atom is -0.491 e. The monoisotopic (exact) mass is 517 g/mol. The van der Waals surface area contributed by atoms with Crippen molar-refractivity contribution in [3.63, 3.8) is 0 Å². The summed E-state index contributed by atoms with van der Waals surface area (Å²) in [5.41, 5.74) is 1.44. The maximum Gasteiger partial charge on any atom is 0.240 e. The highest BCUT2D eigenvalue weighted by Gasteiger charge is 2.13. The molecule has 0 saturated carbocycles. The number of hydrogen-bond donors (Lipinski definition) is 1. The van der Waals surface area contributed by atoms with Crippen LogP contribution in [0.5, 0.6) is 5.75 Å². The molecule has 4 nitrogen and oxygen atoms in total. The summed E-state index contributed by atoms with van der Waals surface area (Å²) in [6.07, 6.45) is 1.46. The Morgan fingerprint density at radius 3 is 1.47 bits per heavy atom. The number of nitrogens with one attached hydrogen (secondary N) is 1. The molecule has 0 aliphatic rings. The molecule has 0 saturated heterocycles. The Morgan fingerprint density at radius 1 is 0.667 bits per heavy atom. The second-order valence-electron chi connectivity index (χ2n) is 8.65. The fraction of sp³-hybridized carbons (Fsp3) is 0.419. The van der Waals surface area contributed by atoms with Gasteiger partial charge in [0.05, 0.1) is 11.0 Å². The van der Waals surface area contributed by atoms with Gasteiger partial charge >= 0.3 is 0 Å². The molecule has 0 aliphatic heterocycles. The van der Waals surface area contributed by atoms with Crippen molar-refractivity contribution >= 4 is 10.0 Å². The summed E-state index contributed by atoms with van der Waals surface area (Å²) < 4.78 is 31.0. The maximum absolute atomic E-state index is 11.5. The van der Waals surface area contributed by atoms with Gasteiger partial charge in [-0.25, -0.2) is 13.1 Å². The van der Waals surface area contributed by atoms with Crippen LogP contribution in [0.1, 0.15) is 69.4 Å². The molecule has 3 rings (SSSR count). The summed E-state index contributed by atoms with van der Waals surface area (Å²) in [6.45, 7) is 12.1. The van der Waals surface area contributed by atoms with Gasteiger partial charge in [-0.15, -0.1) is 0 Å². The molecule has 0 aliphatic carbocycles. The van der Waals surface area contributed by atoms with E-state index in [0.29, 0.717) is 4.90 Å². The molecule has 0 fully saturated rings. The van der Waals surface area contributed by atoms with E-state index in [4.69, 9.17) is 4.74 Å². The van der Waals surface area contributed by atoms with E-state index in [2.05, 4.69) is 48.9 Å². The molecule has 5 heteroatoms. The van der Waals surface area contributed by atoms with Crippen LogP contribution >= 0.6 is 0 Å². The Morgan fingerprint density at radius 2 is 1.08 bits per heavy atom. The number of hydrogen-bond acceptors (Lipinski definition) is 3. The van der Waals surface area contributed by atoms with E-state index in [9.17, 15) is 8.42 Å². The molecule has 3 aromatic carbocycles. The van der Waals surface area contributed by atoms with Gasteiger partial charge in [0.25, 0.3) is 0 Å². The molecule has 0 bridgehead atoms. The van der Waals surface area contributed by atoms with Crippen LogP contribution in [0.2, 0.25) is 0 Å². The fourth-order valence-corrected chi connectivity index (χ4v) is 4.11. The average molecular weight is 518 g/mol. The van der Waals surface area contributed by atoms with E-state index in [1.165, 1.54) is 12.0 Å². The summed E-state index contributed by atoms with van der Waals surface area (Å²) in [5.74, 6) is 1.71. The zero-order chi connectivity index (χ0) is 24.7. The van der Waals surface area contributed by atoms with E-state index in [0.717, 1.165) is 11.7 Å². The molecular formula is C31H51NO3S. The van der Waals surface area contributed by atoms with Crippen LogP contribution in [0.4, 0.5) is 0 Å². The van der Waals surface area contributed by atoms with Crippen LogP contribution in [0, 0.1) is 5.92 Å². The van der Waals surface area contributed by atoms with Crippen LogP contribution in [-0.2, 0) is 16.4 Å². The second kappa shape index (κ2) is 20.6. The molecule has 204 valence electrons. The molecule has 3 aromatic rings. The van der Waals surface area contributed by atoms with E-state index >= 15 is 0 Å². The molecule has 0 unspecified atom stereocenters. The second-order valence-corrected chi connectivity index (χ2v) is 10.4. The van der Waals surface area contributed by atoms with E-state index in [-0.39, 0.29) is 34.4 Å². The topological polar surface area (TPSA) is 55.4 Å². The summed E-state index contributed by atoms with van der Waals surface area (Å²) in [6, 6.07) is 28.7. The van der Waals surface area contributed by atoms with Crippen molar-refractivity contribution in [1.82, 2.24) is 4.72 Å². The van der Waals surface area contributed by atoms with Crippen LogP contribution in [0.25, 0.3) is 0 Å². The lowest BCUT2D eigenvalue weighted by Crippen LogP contribution is -2.30. The third-order valence-corrected chi connectivity index (χ3v) is 5.72. The van der Waals surface area contributed by atoms with Crippen molar-refractivity contribution in [3.05, 3.63) is 96.6 Å². The Kier molecular flexibility index (Phi) is 21.6. The van der Waals surface area contributed by atoms with Gasteiger partial charge in [-0.3, -0.25) is 0 Å². The molecule has 0 spiro atoms. The molecule has 0 amide bonds. The quantitative estimate of drug-likeness (QED) is 0.341. The summed E-state index contributed by atoms with van der Waals surface area (Å²) in [4.78, 5) is 0.309. The normalized spacial score (nSPS) is 9.92. The van der Waals surface area contributed by atoms with Crippen LogP contribution in [0.15, 0.2) is 95.9 Å². The molecular weight excluding hydrogens is 466 g/mol. The zero-order valence-electron chi connectivity index (χ0n) is 20.7. The standard InChI is InChI=1S/C10H14.C9H13NO2S.C9H12O.3CH4/c1-9(2)8-10-6-4-3-5-7-10;1-8(2)10-13(11,12)9-6-4-3-5-7-9;1-8(2)10-9-6-4-3-5-7-9;;;/h3-7,9H,8H2,1-2H3;3-8,10H,1-2H3;3-8H,1-2H3;3*1H4. The van der Waals surface area contributed by atoms with Gasteiger partial charge in [-0.05, 0) is 69.9 Å². The predicted octanol–water partition coefficient (Wildman–Crippen LogP) is 8.64. The third-order valence-electron chi connectivity index (χ3n) is 4.05. The predicted molar refractivity (Wildman–Crippen MR) is 159 cm³/mol. The minimum atomic E-state index is -3.31. The smallest absolute Gasteiger partial charge is 0.240 e. The van der Waals surface area contributed by atoms with Gasteiger partial charge in [0.2, 0.25) is 10.0 Å². The van der Waals surface area contributed by atoms with Crippen LogP contribution in [-0.4, -0.2) is 20.6 Å². The lowest BCUT2D eigenvalue weighted by atomic mass is 10.0. The Bertz CT molecular complexity index is 927. The first-order valence-corrected chi connectivity index (χ1v) is 12.9. The van der Waals surface area contributed by atoms with Gasteiger partial charge in [0, 0.05) is 6.04 Å². The van der Waals surface area contributed by atoms with Gasteiger partial charge in [-0.1, -0.05) is 103 Å². The highest BCUT2D eigenvalue weighted by Crippen LogP contribution is 2.10. The van der Waals surface area contributed by atoms with Gasteiger partial charge in [0.15, 0.2) is 0 Å². The Balaban J connectivity index is -0.000000440. The number of ether oxygens (including phenoxy) is 1. The van der Waals surface area contributed by atoms with Crippen molar-refractivity contribution in [1.29, 1.82) is 0 Å². The largest absolute Gasteiger partial charge is 0.491 e. The van der Waals surface area contributed by atoms with Gasteiger partial charge < -0.3 is 4.74 Å². The van der Waals surface area contributed by atoms with Gasteiger partial charge in [0.1, 0.15) is 5.75 Å². The number of rotatable bonds is 7. The molecule has 0 radical (unpaired) electrons. The lowest BCUT2D eigenvalue weighted by Gasteiger charge is -2.08. The van der Waals surface area contributed by atoms with Crippen molar-refractivity contribution in [2.24, 2.45) is 5.92 Å². The summed E-state index contributed by atoms with van der Waals surface area (Å²) >= 11 is 0. The Hall–Kier alpha value is -2.63. The van der Waals surface area contributed by atoms with Crippen molar-refractivity contribution in [3.8, 4) is 5.75 Å². The molecule has 0 heterocycles. The highest BCUT2D eigenvalue weighted by atomic mass is 32.2. The van der Waals surface area contributed by atoms with E-state index in [1.807, 2.05) is 44.2 Å². The summed E-state index contributed by atoms with van der Waals surface area (Å²) in [5, 5.41) is 0. The lowest BCUT2D eigenvalue weighted by molar-refractivity contribution is 0.242. The van der Waals surface area contributed by atoms with Crippen molar-refractivity contribution in [2.45, 2.75) is 87.3 Å². The molecule has 0 aromatic heterocycles. The summed E-state index contributed by atoms with van der Waals surface area (Å²) in [7, 11) is -3.31. The number of para-hydroxylation sites is 1. The maximum atomic E-state index is 11.5. The highest BCUT2D eigenvalue weighted by molar-refractivity contribution is 7.89. The fourth-order valence-electron chi connectivity index (χ4n) is 2.83. The van der Waals surface area contributed by atoms with Crippen molar-refractivity contribution < 1.29 is 13.2 Å². The SMILES string of the molecule is C.C.C.CC(C)Cc1ccccc1.CC(C)NS(=O)(=O)c1ccccc1.CC(C)Oc1ccccc1. The third kappa shape index (κ3) is 17.8. The first-order valence-electron chi connectivity index (χ1n) is 11.4. The Labute approximate surface area is 223 Å². The number of sulfonamides is 1. The van der Waals surface area contributed by atoms with Crippen LogP contribution < -0.4 is 9.46 Å². The minimum absolute atomic E-state index is 0. The zero-order valence-corrected chi connectivity index (χ0v) is 21.5.